The lowest BCUT2D eigenvalue weighted by Crippen LogP contribution is -2.17. The molecule has 0 radical (unpaired) electrons. The number of esters is 1. The monoisotopic (exact) mass is 471 g/mol. The first-order valence-electron chi connectivity index (χ1n) is 11.6. The fourth-order valence-electron chi connectivity index (χ4n) is 3.87. The molecule has 8 nitrogen and oxygen atoms in total. The van der Waals surface area contributed by atoms with Crippen molar-refractivity contribution in [3.63, 3.8) is 0 Å². The normalized spacial score (nSPS) is 11.0. The van der Waals surface area contributed by atoms with Gasteiger partial charge in [0.1, 0.15) is 5.65 Å². The molecule has 35 heavy (non-hydrogen) atoms. The molecule has 0 atom stereocenters. The van der Waals surface area contributed by atoms with Gasteiger partial charge < -0.3 is 19.9 Å². The van der Waals surface area contributed by atoms with E-state index in [9.17, 15) is 9.59 Å². The van der Waals surface area contributed by atoms with Crippen molar-refractivity contribution in [3.8, 4) is 0 Å². The van der Waals surface area contributed by atoms with Crippen molar-refractivity contribution in [2.75, 3.05) is 24.3 Å². The maximum Gasteiger partial charge on any atom is 0.356 e. The zero-order valence-electron chi connectivity index (χ0n) is 20.1. The number of hydrogen-bond donors (Lipinski definition) is 2. The number of pyridine rings is 2. The summed E-state index contributed by atoms with van der Waals surface area (Å²) in [5.41, 5.74) is 3.34. The van der Waals surface area contributed by atoms with Crippen LogP contribution in [0, 0.1) is 5.92 Å². The summed E-state index contributed by atoms with van der Waals surface area (Å²) in [5.74, 6) is -0.374. The molecule has 0 spiro atoms. The van der Waals surface area contributed by atoms with E-state index in [4.69, 9.17) is 4.74 Å². The average molecular weight is 472 g/mol. The SMILES string of the molecule is COC(=O)c1c(NC(=O)c2cccnc2)c2cc(NCCC(C)C)cnc2n1Cc1ccccc1. The number of nitrogens with one attached hydrogen (secondary N) is 2. The summed E-state index contributed by atoms with van der Waals surface area (Å²) in [6.45, 7) is 5.51. The van der Waals surface area contributed by atoms with Crippen molar-refractivity contribution in [3.05, 3.63) is 83.9 Å². The molecule has 2 N–H and O–H groups in total. The number of aromatic nitrogens is 3. The van der Waals surface area contributed by atoms with E-state index in [0.717, 1.165) is 24.2 Å². The Labute approximate surface area is 204 Å². The predicted octanol–water partition coefficient (Wildman–Crippen LogP) is 4.98. The Bertz CT molecular complexity index is 1320. The summed E-state index contributed by atoms with van der Waals surface area (Å²) in [6.07, 6.45) is 5.83. The van der Waals surface area contributed by atoms with E-state index in [1.54, 1.807) is 29.1 Å². The molecule has 0 aliphatic carbocycles. The third kappa shape index (κ3) is 5.48. The Balaban J connectivity index is 1.84. The number of rotatable bonds is 9. The Morgan fingerprint density at radius 2 is 1.89 bits per heavy atom. The molecule has 0 saturated heterocycles. The minimum atomic E-state index is -0.560. The van der Waals surface area contributed by atoms with Crippen molar-refractivity contribution >= 4 is 34.3 Å². The number of anilines is 2. The first-order valence-corrected chi connectivity index (χ1v) is 11.6. The van der Waals surface area contributed by atoms with Crippen molar-refractivity contribution in [2.45, 2.75) is 26.8 Å². The van der Waals surface area contributed by atoms with Crippen LogP contribution in [0.2, 0.25) is 0 Å². The van der Waals surface area contributed by atoms with Gasteiger partial charge in [-0.15, -0.1) is 0 Å². The highest BCUT2D eigenvalue weighted by atomic mass is 16.5. The van der Waals surface area contributed by atoms with Crippen LogP contribution < -0.4 is 10.6 Å². The smallest absolute Gasteiger partial charge is 0.356 e. The molecule has 3 heterocycles. The van der Waals surface area contributed by atoms with Crippen LogP contribution >= 0.6 is 0 Å². The lowest BCUT2D eigenvalue weighted by atomic mass is 10.1. The highest BCUT2D eigenvalue weighted by molar-refractivity contribution is 6.14. The van der Waals surface area contributed by atoms with Gasteiger partial charge in [-0.1, -0.05) is 44.2 Å². The van der Waals surface area contributed by atoms with Crippen LogP contribution in [0.4, 0.5) is 11.4 Å². The molecule has 180 valence electrons. The van der Waals surface area contributed by atoms with Crippen molar-refractivity contribution < 1.29 is 14.3 Å². The highest BCUT2D eigenvalue weighted by Gasteiger charge is 2.26. The number of amides is 1. The molecular formula is C27H29N5O3. The fraction of sp³-hybridized carbons (Fsp3) is 0.259. The van der Waals surface area contributed by atoms with Crippen molar-refractivity contribution in [2.24, 2.45) is 5.92 Å². The summed E-state index contributed by atoms with van der Waals surface area (Å²) < 4.78 is 6.91. The molecule has 0 saturated carbocycles. The summed E-state index contributed by atoms with van der Waals surface area (Å²) in [6, 6.07) is 15.0. The number of carbonyl (C=O) groups is 2. The van der Waals surface area contributed by atoms with E-state index in [0.29, 0.717) is 34.7 Å². The molecule has 1 aromatic carbocycles. The van der Waals surface area contributed by atoms with Crippen LogP contribution in [0.25, 0.3) is 11.0 Å². The first kappa shape index (κ1) is 23.9. The van der Waals surface area contributed by atoms with Gasteiger partial charge in [-0.05, 0) is 36.1 Å². The largest absolute Gasteiger partial charge is 0.464 e. The van der Waals surface area contributed by atoms with Gasteiger partial charge in [0.15, 0.2) is 5.69 Å². The second kappa shape index (κ2) is 10.8. The van der Waals surface area contributed by atoms with Crippen molar-refractivity contribution in [1.82, 2.24) is 14.5 Å². The van der Waals surface area contributed by atoms with E-state index in [-0.39, 0.29) is 11.6 Å². The summed E-state index contributed by atoms with van der Waals surface area (Å²) in [7, 11) is 1.33. The number of benzene rings is 1. The van der Waals surface area contributed by atoms with Crippen LogP contribution in [0.15, 0.2) is 67.1 Å². The second-order valence-corrected chi connectivity index (χ2v) is 8.69. The minimum absolute atomic E-state index is 0.232. The van der Waals surface area contributed by atoms with Gasteiger partial charge in [0.25, 0.3) is 5.91 Å². The molecule has 4 aromatic rings. The van der Waals surface area contributed by atoms with E-state index in [1.807, 2.05) is 36.4 Å². The van der Waals surface area contributed by atoms with Crippen LogP contribution in [-0.2, 0) is 11.3 Å². The van der Waals surface area contributed by atoms with Crippen LogP contribution in [-0.4, -0.2) is 40.1 Å². The summed E-state index contributed by atoms with van der Waals surface area (Å²) in [4.78, 5) is 34.8. The average Bonchev–Trinajstić information content (AvgIpc) is 3.16. The number of fused-ring (bicyclic) bond motifs is 1. The topological polar surface area (TPSA) is 98.1 Å². The molecular weight excluding hydrogens is 442 g/mol. The van der Waals surface area contributed by atoms with E-state index in [2.05, 4.69) is 34.4 Å². The molecule has 8 heteroatoms. The molecule has 0 aliphatic heterocycles. The predicted molar refractivity (Wildman–Crippen MR) is 137 cm³/mol. The van der Waals surface area contributed by atoms with Crippen LogP contribution in [0.5, 0.6) is 0 Å². The first-order chi connectivity index (χ1) is 17.0. The lowest BCUT2D eigenvalue weighted by Gasteiger charge is -2.11. The highest BCUT2D eigenvalue weighted by Crippen LogP contribution is 2.33. The Morgan fingerprint density at radius 3 is 2.57 bits per heavy atom. The standard InChI is InChI=1S/C27H29N5O3/c1-18(2)11-13-29-21-14-22-23(31-26(33)20-10-7-12-28-15-20)24(27(34)35-3)32(25(22)30-16-21)17-19-8-5-4-6-9-19/h4-10,12,14-16,18,29H,11,13,17H2,1-3H3,(H,31,33). The van der Waals surface area contributed by atoms with Crippen molar-refractivity contribution in [1.29, 1.82) is 0 Å². The Morgan fingerprint density at radius 1 is 1.09 bits per heavy atom. The number of nitrogens with zero attached hydrogens (tertiary/aromatic N) is 3. The maximum absolute atomic E-state index is 13.1. The lowest BCUT2D eigenvalue weighted by molar-refractivity contribution is 0.0591. The van der Waals surface area contributed by atoms with Crippen LogP contribution in [0.3, 0.4) is 0 Å². The van der Waals surface area contributed by atoms with Gasteiger partial charge in [0.05, 0.1) is 30.2 Å². The molecule has 3 aromatic heterocycles. The van der Waals surface area contributed by atoms with E-state index in [1.165, 1.54) is 13.3 Å². The minimum Gasteiger partial charge on any atom is -0.464 e. The molecule has 0 bridgehead atoms. The van der Waals surface area contributed by atoms with E-state index < -0.39 is 5.97 Å². The third-order valence-electron chi connectivity index (χ3n) is 5.67. The summed E-state index contributed by atoms with van der Waals surface area (Å²) in [5, 5.41) is 6.96. The van der Waals surface area contributed by atoms with Gasteiger partial charge in [-0.25, -0.2) is 9.78 Å². The zero-order chi connectivity index (χ0) is 24.8. The zero-order valence-corrected chi connectivity index (χ0v) is 20.1. The van der Waals surface area contributed by atoms with Gasteiger partial charge in [0, 0.05) is 30.9 Å². The molecule has 0 unspecified atom stereocenters. The molecule has 4 rings (SSSR count). The van der Waals surface area contributed by atoms with Gasteiger partial charge in [0.2, 0.25) is 0 Å². The Hall–Kier alpha value is -4.20. The quantitative estimate of drug-likeness (QED) is 0.334. The van der Waals surface area contributed by atoms with Crippen LogP contribution in [0.1, 0.15) is 46.7 Å². The third-order valence-corrected chi connectivity index (χ3v) is 5.67. The fourth-order valence-corrected chi connectivity index (χ4v) is 3.87. The number of carbonyl (C=O) groups excluding carboxylic acids is 2. The van der Waals surface area contributed by atoms with E-state index >= 15 is 0 Å². The second-order valence-electron chi connectivity index (χ2n) is 8.69. The van der Waals surface area contributed by atoms with Gasteiger partial charge in [-0.2, -0.15) is 0 Å². The van der Waals surface area contributed by atoms with Gasteiger partial charge in [-0.3, -0.25) is 9.78 Å². The summed E-state index contributed by atoms with van der Waals surface area (Å²) >= 11 is 0. The number of methoxy groups -OCH3 is 1. The van der Waals surface area contributed by atoms with Gasteiger partial charge >= 0.3 is 5.97 Å². The molecule has 0 fully saturated rings. The molecule has 0 aliphatic rings. The maximum atomic E-state index is 13.1. The molecule has 1 amide bonds. The number of ether oxygens (including phenoxy) is 1. The Kier molecular flexibility index (Phi) is 7.40. The number of hydrogen-bond acceptors (Lipinski definition) is 6.